The number of carbonyl (C=O) groups excluding carboxylic acids is 1. The second kappa shape index (κ2) is 6.01. The third kappa shape index (κ3) is 2.88. The van der Waals surface area contributed by atoms with Crippen LogP contribution in [0, 0.1) is 0 Å². The van der Waals surface area contributed by atoms with Crippen molar-refractivity contribution in [3.8, 4) is 0 Å². The Kier molecular flexibility index (Phi) is 4.10. The van der Waals surface area contributed by atoms with Crippen LogP contribution in [0.15, 0.2) is 18.2 Å². The molecule has 1 aromatic carbocycles. The first-order chi connectivity index (χ1) is 10.2. The fourth-order valence-electron chi connectivity index (χ4n) is 2.80. The molecule has 6 heteroatoms. The molecule has 1 saturated heterocycles. The molecule has 1 fully saturated rings. The minimum Gasteiger partial charge on any atom is -0.388 e. The molecule has 1 aromatic rings. The first-order valence-electron chi connectivity index (χ1n) is 7.22. The lowest BCUT2D eigenvalue weighted by Crippen LogP contribution is -2.48. The Morgan fingerprint density at radius 3 is 2.86 bits per heavy atom. The quantitative estimate of drug-likeness (QED) is 0.881. The van der Waals surface area contributed by atoms with Crippen LogP contribution in [0.1, 0.15) is 18.1 Å². The number of benzene rings is 1. The van der Waals surface area contributed by atoms with Crippen molar-refractivity contribution in [2.45, 2.75) is 32.3 Å². The molecule has 2 aliphatic heterocycles. The number of nitrogens with one attached hydrogen (secondary N) is 1. The summed E-state index contributed by atoms with van der Waals surface area (Å²) in [6.45, 7) is 4.29. The maximum Gasteiger partial charge on any atom is 0.322 e. The van der Waals surface area contributed by atoms with Crippen LogP contribution in [-0.4, -0.2) is 47.9 Å². The number of nitrogens with zero attached hydrogens (tertiary/aromatic N) is 1. The maximum absolute atomic E-state index is 12.4. The summed E-state index contributed by atoms with van der Waals surface area (Å²) < 4.78 is 10.6. The van der Waals surface area contributed by atoms with Gasteiger partial charge in [-0.2, -0.15) is 0 Å². The van der Waals surface area contributed by atoms with Crippen molar-refractivity contribution in [1.82, 2.24) is 4.90 Å². The van der Waals surface area contributed by atoms with E-state index in [1.54, 1.807) is 4.90 Å². The lowest BCUT2D eigenvalue weighted by Gasteiger charge is -2.28. The molecule has 0 unspecified atom stereocenters. The fourth-order valence-corrected chi connectivity index (χ4v) is 2.80. The normalized spacial score (nSPS) is 23.9. The highest BCUT2D eigenvalue weighted by atomic mass is 16.5. The molecular weight excluding hydrogens is 272 g/mol. The van der Waals surface area contributed by atoms with Gasteiger partial charge in [-0.25, -0.2) is 4.79 Å². The highest BCUT2D eigenvalue weighted by Crippen LogP contribution is 2.24. The van der Waals surface area contributed by atoms with Crippen molar-refractivity contribution >= 4 is 11.7 Å². The van der Waals surface area contributed by atoms with Crippen LogP contribution in [0.25, 0.3) is 0 Å². The van der Waals surface area contributed by atoms with Crippen molar-refractivity contribution in [1.29, 1.82) is 0 Å². The van der Waals surface area contributed by atoms with Crippen LogP contribution >= 0.6 is 0 Å². The Balaban J connectivity index is 1.69. The standard InChI is InChI=1S/C15H20N2O4/c1-2-17(13-8-21-9-14(13)18)15(19)16-12-4-3-10-6-20-7-11(10)5-12/h3-5,13-14,18H,2,6-9H2,1H3,(H,16,19)/t13-,14-/m0/s1. The van der Waals surface area contributed by atoms with Crippen molar-refractivity contribution in [2.24, 2.45) is 0 Å². The number of carbonyl (C=O) groups is 1. The van der Waals surface area contributed by atoms with Gasteiger partial charge in [-0.15, -0.1) is 0 Å². The van der Waals surface area contributed by atoms with Gasteiger partial charge in [0.05, 0.1) is 38.6 Å². The van der Waals surface area contributed by atoms with Gasteiger partial charge in [0.25, 0.3) is 0 Å². The molecule has 2 heterocycles. The van der Waals surface area contributed by atoms with Crippen LogP contribution < -0.4 is 5.32 Å². The zero-order valence-electron chi connectivity index (χ0n) is 12.0. The lowest BCUT2D eigenvalue weighted by molar-refractivity contribution is 0.1000. The number of fused-ring (bicyclic) bond motifs is 1. The van der Waals surface area contributed by atoms with E-state index in [9.17, 15) is 9.90 Å². The zero-order valence-corrected chi connectivity index (χ0v) is 12.0. The van der Waals surface area contributed by atoms with E-state index >= 15 is 0 Å². The molecule has 114 valence electrons. The van der Waals surface area contributed by atoms with Crippen LogP contribution in [0.4, 0.5) is 10.5 Å². The van der Waals surface area contributed by atoms with Gasteiger partial charge >= 0.3 is 6.03 Å². The molecule has 3 rings (SSSR count). The first kappa shape index (κ1) is 14.3. The zero-order chi connectivity index (χ0) is 14.8. The summed E-state index contributed by atoms with van der Waals surface area (Å²) in [6.07, 6.45) is -0.621. The van der Waals surface area contributed by atoms with E-state index in [0.29, 0.717) is 26.4 Å². The molecule has 0 radical (unpaired) electrons. The summed E-state index contributed by atoms with van der Waals surface area (Å²) in [5.41, 5.74) is 3.02. The maximum atomic E-state index is 12.4. The molecule has 0 aromatic heterocycles. The number of hydrogen-bond acceptors (Lipinski definition) is 4. The topological polar surface area (TPSA) is 71.0 Å². The Morgan fingerprint density at radius 1 is 1.33 bits per heavy atom. The summed E-state index contributed by atoms with van der Waals surface area (Å²) >= 11 is 0. The number of ether oxygens (including phenoxy) is 2. The van der Waals surface area contributed by atoms with Gasteiger partial charge in [-0.05, 0) is 30.2 Å². The van der Waals surface area contributed by atoms with Crippen LogP contribution in [0.3, 0.4) is 0 Å². The minimum atomic E-state index is -0.621. The summed E-state index contributed by atoms with van der Waals surface area (Å²) in [4.78, 5) is 14.0. The lowest BCUT2D eigenvalue weighted by atomic mass is 10.1. The van der Waals surface area contributed by atoms with Crippen molar-refractivity contribution in [2.75, 3.05) is 25.1 Å². The summed E-state index contributed by atoms with van der Waals surface area (Å²) in [6, 6.07) is 5.29. The molecule has 2 N–H and O–H groups in total. The van der Waals surface area contributed by atoms with Gasteiger partial charge in [-0.3, -0.25) is 0 Å². The summed E-state index contributed by atoms with van der Waals surface area (Å²) in [5, 5.41) is 12.8. The smallest absolute Gasteiger partial charge is 0.322 e. The number of likely N-dealkylation sites (N-methyl/N-ethyl adjacent to an activating group) is 1. The summed E-state index contributed by atoms with van der Waals surface area (Å²) in [5.74, 6) is 0. The van der Waals surface area contributed by atoms with E-state index in [-0.39, 0.29) is 18.7 Å². The summed E-state index contributed by atoms with van der Waals surface area (Å²) in [7, 11) is 0. The van der Waals surface area contributed by atoms with E-state index in [1.165, 1.54) is 5.56 Å². The average Bonchev–Trinajstić information content (AvgIpc) is 3.09. The number of amides is 2. The van der Waals surface area contributed by atoms with Crippen molar-refractivity contribution < 1.29 is 19.4 Å². The second-order valence-electron chi connectivity index (χ2n) is 5.36. The Hall–Kier alpha value is -1.63. The molecule has 0 saturated carbocycles. The highest BCUT2D eigenvalue weighted by molar-refractivity contribution is 5.89. The molecule has 0 spiro atoms. The fraction of sp³-hybridized carbons (Fsp3) is 0.533. The van der Waals surface area contributed by atoms with Crippen LogP contribution in [0.5, 0.6) is 0 Å². The molecule has 0 aliphatic carbocycles. The third-order valence-corrected chi connectivity index (χ3v) is 4.00. The van der Waals surface area contributed by atoms with Gasteiger partial charge in [0, 0.05) is 12.2 Å². The van der Waals surface area contributed by atoms with Crippen LogP contribution in [-0.2, 0) is 22.7 Å². The van der Waals surface area contributed by atoms with Gasteiger partial charge in [0.2, 0.25) is 0 Å². The number of hydrogen-bond donors (Lipinski definition) is 2. The number of aliphatic hydroxyl groups is 1. The average molecular weight is 292 g/mol. The number of urea groups is 1. The molecule has 6 nitrogen and oxygen atoms in total. The molecule has 2 atom stereocenters. The van der Waals surface area contributed by atoms with Crippen LogP contribution in [0.2, 0.25) is 0 Å². The van der Waals surface area contributed by atoms with Gasteiger partial charge < -0.3 is 24.8 Å². The Morgan fingerprint density at radius 2 is 2.14 bits per heavy atom. The van der Waals surface area contributed by atoms with E-state index in [1.807, 2.05) is 25.1 Å². The molecule has 2 aliphatic rings. The van der Waals surface area contributed by atoms with Gasteiger partial charge in [0.15, 0.2) is 0 Å². The van der Waals surface area contributed by atoms with E-state index < -0.39 is 6.10 Å². The number of anilines is 1. The first-order valence-corrected chi connectivity index (χ1v) is 7.22. The van der Waals surface area contributed by atoms with Gasteiger partial charge in [0.1, 0.15) is 0 Å². The molecule has 2 amide bonds. The monoisotopic (exact) mass is 292 g/mol. The Labute approximate surface area is 123 Å². The highest BCUT2D eigenvalue weighted by Gasteiger charge is 2.33. The predicted molar refractivity (Wildman–Crippen MR) is 76.9 cm³/mol. The van der Waals surface area contributed by atoms with Gasteiger partial charge in [-0.1, -0.05) is 6.07 Å². The number of rotatable bonds is 3. The van der Waals surface area contributed by atoms with E-state index in [0.717, 1.165) is 11.3 Å². The van der Waals surface area contributed by atoms with E-state index in [4.69, 9.17) is 9.47 Å². The second-order valence-corrected chi connectivity index (χ2v) is 5.36. The third-order valence-electron chi connectivity index (χ3n) is 4.00. The Bertz CT molecular complexity index is 534. The largest absolute Gasteiger partial charge is 0.388 e. The minimum absolute atomic E-state index is 0.217. The van der Waals surface area contributed by atoms with Crippen molar-refractivity contribution in [3.63, 3.8) is 0 Å². The SMILES string of the molecule is CCN(C(=O)Nc1ccc2c(c1)COC2)[C@H]1COC[C@@H]1O. The predicted octanol–water partition coefficient (Wildman–Crippen LogP) is 1.33. The number of aliphatic hydroxyl groups excluding tert-OH is 1. The molecule has 0 bridgehead atoms. The molecule has 21 heavy (non-hydrogen) atoms. The van der Waals surface area contributed by atoms with Crippen molar-refractivity contribution in [3.05, 3.63) is 29.3 Å². The molecular formula is C15H20N2O4. The van der Waals surface area contributed by atoms with E-state index in [2.05, 4.69) is 5.32 Å².